The Morgan fingerprint density at radius 3 is 2.47 bits per heavy atom. The number of carbonyl (C=O) groups is 1. The molecule has 1 aliphatic carbocycles. The largest absolute Gasteiger partial charge is 0.497 e. The van der Waals surface area contributed by atoms with Crippen LogP contribution < -0.4 is 10.1 Å². The van der Waals surface area contributed by atoms with Crippen molar-refractivity contribution in [1.29, 1.82) is 0 Å². The normalized spacial score (nSPS) is 14.1. The number of hydrogen-bond donors (Lipinski definition) is 1. The van der Waals surface area contributed by atoms with Crippen molar-refractivity contribution in [3.8, 4) is 22.7 Å². The molecular weight excluding hydrogens is 374 g/mol. The van der Waals surface area contributed by atoms with E-state index in [9.17, 15) is 4.79 Å². The molecule has 1 heterocycles. The zero-order valence-corrected chi connectivity index (χ0v) is 17.7. The Hall–Kier alpha value is -3.08. The Morgan fingerprint density at radius 2 is 1.80 bits per heavy atom. The number of nitrogens with one attached hydrogen (secondary N) is 1. The Bertz CT molecular complexity index is 984. The van der Waals surface area contributed by atoms with E-state index >= 15 is 0 Å². The van der Waals surface area contributed by atoms with Gasteiger partial charge in [0, 0.05) is 18.1 Å². The van der Waals surface area contributed by atoms with Crippen molar-refractivity contribution in [2.45, 2.75) is 45.4 Å². The van der Waals surface area contributed by atoms with Crippen LogP contribution in [0.3, 0.4) is 0 Å². The van der Waals surface area contributed by atoms with Crippen molar-refractivity contribution < 1.29 is 9.53 Å². The summed E-state index contributed by atoms with van der Waals surface area (Å²) in [6.45, 7) is 2.06. The molecular formula is C25H29N3O2. The Kier molecular flexibility index (Phi) is 6.17. The van der Waals surface area contributed by atoms with Gasteiger partial charge >= 0.3 is 0 Å². The molecule has 5 nitrogen and oxygen atoms in total. The molecule has 1 saturated carbocycles. The topological polar surface area (TPSA) is 56.1 Å². The minimum atomic E-state index is 0.0523. The Balaban J connectivity index is 1.58. The number of aryl methyl sites for hydroxylation is 1. The first-order valence-electron chi connectivity index (χ1n) is 10.7. The van der Waals surface area contributed by atoms with Crippen molar-refractivity contribution in [3.05, 3.63) is 60.2 Å². The Labute approximate surface area is 178 Å². The molecule has 156 valence electrons. The minimum absolute atomic E-state index is 0.0523. The van der Waals surface area contributed by atoms with Crippen LogP contribution in [0.15, 0.2) is 54.6 Å². The van der Waals surface area contributed by atoms with E-state index in [1.165, 1.54) is 31.2 Å². The second-order valence-electron chi connectivity index (χ2n) is 8.13. The van der Waals surface area contributed by atoms with E-state index in [1.54, 1.807) is 7.11 Å². The summed E-state index contributed by atoms with van der Waals surface area (Å²) in [5, 5.41) is 7.88. The number of aromatic nitrogens is 2. The number of benzene rings is 2. The number of hydrogen-bond acceptors (Lipinski definition) is 3. The molecule has 30 heavy (non-hydrogen) atoms. The van der Waals surface area contributed by atoms with E-state index in [0.717, 1.165) is 29.1 Å². The third-order valence-electron chi connectivity index (χ3n) is 5.90. The third-order valence-corrected chi connectivity index (χ3v) is 5.90. The molecule has 1 N–H and O–H groups in total. The number of amides is 1. The van der Waals surface area contributed by atoms with Gasteiger partial charge in [-0.15, -0.1) is 0 Å². The molecule has 0 atom stereocenters. The van der Waals surface area contributed by atoms with Crippen molar-refractivity contribution in [3.63, 3.8) is 0 Å². The van der Waals surface area contributed by atoms with Crippen LogP contribution in [0.1, 0.15) is 44.1 Å². The van der Waals surface area contributed by atoms with Gasteiger partial charge in [0.05, 0.1) is 18.5 Å². The Morgan fingerprint density at radius 1 is 1.10 bits per heavy atom. The van der Waals surface area contributed by atoms with E-state index in [0.29, 0.717) is 18.2 Å². The van der Waals surface area contributed by atoms with E-state index in [2.05, 4.69) is 24.4 Å². The van der Waals surface area contributed by atoms with Crippen LogP contribution in [0.2, 0.25) is 0 Å². The molecule has 0 spiro atoms. The summed E-state index contributed by atoms with van der Waals surface area (Å²) in [5.74, 6) is 2.25. The lowest BCUT2D eigenvalue weighted by Gasteiger charge is -2.11. The number of rotatable bonds is 7. The van der Waals surface area contributed by atoms with Crippen LogP contribution >= 0.6 is 0 Å². The molecule has 0 aliphatic heterocycles. The maximum Gasteiger partial charge on any atom is 0.225 e. The average Bonchev–Trinajstić information content (AvgIpc) is 3.43. The predicted octanol–water partition coefficient (Wildman–Crippen LogP) is 5.77. The fourth-order valence-electron chi connectivity index (χ4n) is 4.10. The second kappa shape index (κ2) is 9.16. The SMILES string of the molecule is COc1ccc(-c2cc(NC(=O)CCC3CCCC3)n(-c3ccc(C)cc3)n2)cc1. The summed E-state index contributed by atoms with van der Waals surface area (Å²) >= 11 is 0. The van der Waals surface area contributed by atoms with Crippen molar-refractivity contribution in [2.24, 2.45) is 5.92 Å². The lowest BCUT2D eigenvalue weighted by Crippen LogP contribution is -2.15. The molecule has 1 aliphatic rings. The fourth-order valence-corrected chi connectivity index (χ4v) is 4.10. The summed E-state index contributed by atoms with van der Waals surface area (Å²) < 4.78 is 7.07. The first-order valence-corrected chi connectivity index (χ1v) is 10.7. The van der Waals surface area contributed by atoms with E-state index < -0.39 is 0 Å². The summed E-state index contributed by atoms with van der Waals surface area (Å²) in [4.78, 5) is 12.7. The quantitative estimate of drug-likeness (QED) is 0.545. The lowest BCUT2D eigenvalue weighted by molar-refractivity contribution is -0.116. The van der Waals surface area contributed by atoms with Crippen LogP contribution in [0.25, 0.3) is 16.9 Å². The highest BCUT2D eigenvalue weighted by molar-refractivity contribution is 5.90. The van der Waals surface area contributed by atoms with Gasteiger partial charge in [0.1, 0.15) is 11.6 Å². The number of nitrogens with zero attached hydrogens (tertiary/aromatic N) is 2. The van der Waals surface area contributed by atoms with Gasteiger partial charge in [-0.3, -0.25) is 4.79 Å². The van der Waals surface area contributed by atoms with Gasteiger partial charge in [-0.1, -0.05) is 43.4 Å². The van der Waals surface area contributed by atoms with Crippen LogP contribution in [-0.4, -0.2) is 22.8 Å². The zero-order chi connectivity index (χ0) is 20.9. The van der Waals surface area contributed by atoms with Gasteiger partial charge in [0.2, 0.25) is 5.91 Å². The third kappa shape index (κ3) is 4.73. The van der Waals surface area contributed by atoms with Crippen LogP contribution in [0, 0.1) is 12.8 Å². The maximum absolute atomic E-state index is 12.7. The highest BCUT2D eigenvalue weighted by Crippen LogP contribution is 2.29. The van der Waals surface area contributed by atoms with Gasteiger partial charge in [0.25, 0.3) is 0 Å². The van der Waals surface area contributed by atoms with Crippen molar-refractivity contribution >= 4 is 11.7 Å². The molecule has 5 heteroatoms. The molecule has 0 saturated heterocycles. The second-order valence-corrected chi connectivity index (χ2v) is 8.13. The number of anilines is 1. The molecule has 0 bridgehead atoms. The van der Waals surface area contributed by atoms with Crippen molar-refractivity contribution in [2.75, 3.05) is 12.4 Å². The summed E-state index contributed by atoms with van der Waals surface area (Å²) in [7, 11) is 1.65. The first kappa shape index (κ1) is 20.2. The first-order chi connectivity index (χ1) is 14.6. The van der Waals surface area contributed by atoms with Crippen molar-refractivity contribution in [1.82, 2.24) is 9.78 Å². The molecule has 1 amide bonds. The lowest BCUT2D eigenvalue weighted by atomic mass is 10.0. The van der Waals surface area contributed by atoms with Crippen LogP contribution in [-0.2, 0) is 4.79 Å². The minimum Gasteiger partial charge on any atom is -0.497 e. The summed E-state index contributed by atoms with van der Waals surface area (Å²) in [6, 6.07) is 17.9. The van der Waals surface area contributed by atoms with Crippen LogP contribution in [0.4, 0.5) is 5.82 Å². The van der Waals surface area contributed by atoms with Gasteiger partial charge in [-0.25, -0.2) is 4.68 Å². The van der Waals surface area contributed by atoms with Gasteiger partial charge in [-0.2, -0.15) is 5.10 Å². The molecule has 2 aromatic carbocycles. The van der Waals surface area contributed by atoms with E-state index in [4.69, 9.17) is 9.84 Å². The molecule has 1 aromatic heterocycles. The van der Waals surface area contributed by atoms with Gasteiger partial charge < -0.3 is 10.1 Å². The molecule has 0 radical (unpaired) electrons. The standard InChI is InChI=1S/C25H29N3O2/c1-18-7-12-21(13-8-18)28-24(26-25(29)16-9-19-5-3-4-6-19)17-23(27-28)20-10-14-22(30-2)15-11-20/h7-8,10-15,17,19H,3-6,9,16H2,1-2H3,(H,26,29). The van der Waals surface area contributed by atoms with E-state index in [1.807, 2.05) is 47.1 Å². The predicted molar refractivity (Wildman–Crippen MR) is 120 cm³/mol. The van der Waals surface area contributed by atoms with Gasteiger partial charge in [-0.05, 0) is 55.7 Å². The zero-order valence-electron chi connectivity index (χ0n) is 17.7. The molecule has 4 rings (SSSR count). The highest BCUT2D eigenvalue weighted by Gasteiger charge is 2.18. The van der Waals surface area contributed by atoms with Gasteiger partial charge in [0.15, 0.2) is 0 Å². The van der Waals surface area contributed by atoms with E-state index in [-0.39, 0.29) is 5.91 Å². The molecule has 1 fully saturated rings. The van der Waals surface area contributed by atoms with Crippen LogP contribution in [0.5, 0.6) is 5.75 Å². The summed E-state index contributed by atoms with van der Waals surface area (Å²) in [6.07, 6.45) is 6.65. The number of ether oxygens (including phenoxy) is 1. The average molecular weight is 404 g/mol. The number of carbonyl (C=O) groups excluding carboxylic acids is 1. The monoisotopic (exact) mass is 403 g/mol. The maximum atomic E-state index is 12.7. The summed E-state index contributed by atoms with van der Waals surface area (Å²) in [5.41, 5.74) is 3.89. The molecule has 0 unspecified atom stereocenters. The number of methoxy groups -OCH3 is 1. The highest BCUT2D eigenvalue weighted by atomic mass is 16.5. The molecule has 3 aromatic rings. The fraction of sp³-hybridized carbons (Fsp3) is 0.360. The smallest absolute Gasteiger partial charge is 0.225 e.